The van der Waals surface area contributed by atoms with Gasteiger partial charge in [0.15, 0.2) is 0 Å². The van der Waals surface area contributed by atoms with Gasteiger partial charge in [-0.15, -0.1) is 0 Å². The number of rotatable bonds is 6. The monoisotopic (exact) mass is 414 g/mol. The molecule has 2 aromatic rings. The molecule has 0 aliphatic carbocycles. The molecule has 0 radical (unpaired) electrons. The Bertz CT molecular complexity index is 622. The number of nitrogens with one attached hydrogen (secondary N) is 2. The van der Waals surface area contributed by atoms with Crippen LogP contribution >= 0.6 is 31.9 Å². The minimum Gasteiger partial charge on any atom is -0.497 e. The van der Waals surface area contributed by atoms with Crippen molar-refractivity contribution in [3.05, 3.63) is 33.5 Å². The van der Waals surface area contributed by atoms with Crippen LogP contribution in [0.15, 0.2) is 33.5 Å². The van der Waals surface area contributed by atoms with Crippen LogP contribution in [0.1, 0.15) is 13.3 Å². The van der Waals surface area contributed by atoms with E-state index in [0.717, 1.165) is 39.2 Å². The van der Waals surface area contributed by atoms with E-state index in [9.17, 15) is 0 Å². The number of hydrogen-bond acceptors (Lipinski definition) is 5. The molecule has 0 amide bonds. The standard InChI is InChI=1S/C14H16Br2N4O/c1-3-6-17-13-12(16)14(19-8-18-13)20-11-7-9(21-2)4-5-10(11)15/h4-5,7-8H,3,6H2,1-2H3,(H2,17,18,19,20). The Labute approximate surface area is 140 Å². The topological polar surface area (TPSA) is 59.1 Å². The number of methoxy groups -OCH3 is 1. The molecule has 0 bridgehead atoms. The molecule has 0 unspecified atom stereocenters. The molecule has 0 atom stereocenters. The molecule has 0 saturated heterocycles. The fourth-order valence-electron chi connectivity index (χ4n) is 1.68. The second-order valence-corrected chi connectivity index (χ2v) is 5.93. The van der Waals surface area contributed by atoms with Crippen molar-refractivity contribution in [3.8, 4) is 5.75 Å². The zero-order valence-corrected chi connectivity index (χ0v) is 15.0. The third kappa shape index (κ3) is 4.07. The Kier molecular flexibility index (Phi) is 5.81. The van der Waals surface area contributed by atoms with Gasteiger partial charge in [0, 0.05) is 17.1 Å². The first-order chi connectivity index (χ1) is 10.2. The van der Waals surface area contributed by atoms with Crippen molar-refractivity contribution >= 4 is 49.2 Å². The molecule has 0 aliphatic rings. The zero-order chi connectivity index (χ0) is 15.2. The van der Waals surface area contributed by atoms with Gasteiger partial charge >= 0.3 is 0 Å². The summed E-state index contributed by atoms with van der Waals surface area (Å²) in [6, 6.07) is 5.71. The average Bonchev–Trinajstić information content (AvgIpc) is 2.50. The average molecular weight is 416 g/mol. The Hall–Kier alpha value is -1.34. The maximum absolute atomic E-state index is 5.24. The van der Waals surface area contributed by atoms with Crippen LogP contribution in [-0.4, -0.2) is 23.6 Å². The van der Waals surface area contributed by atoms with E-state index in [-0.39, 0.29) is 0 Å². The number of ether oxygens (including phenoxy) is 1. The van der Waals surface area contributed by atoms with Crippen LogP contribution in [-0.2, 0) is 0 Å². The quantitative estimate of drug-likeness (QED) is 0.723. The van der Waals surface area contributed by atoms with E-state index in [2.05, 4.69) is 59.4 Å². The fourth-order valence-corrected chi connectivity index (χ4v) is 2.47. The highest BCUT2D eigenvalue weighted by molar-refractivity contribution is 9.11. The Morgan fingerprint density at radius 1 is 1.19 bits per heavy atom. The Balaban J connectivity index is 2.27. The molecule has 0 saturated carbocycles. The highest BCUT2D eigenvalue weighted by Crippen LogP contribution is 2.33. The number of nitrogens with zero attached hydrogens (tertiary/aromatic N) is 2. The van der Waals surface area contributed by atoms with Crippen LogP contribution in [0.3, 0.4) is 0 Å². The molecule has 1 heterocycles. The normalized spacial score (nSPS) is 10.3. The molecule has 2 N–H and O–H groups in total. The maximum Gasteiger partial charge on any atom is 0.150 e. The van der Waals surface area contributed by atoms with Crippen molar-refractivity contribution in [2.24, 2.45) is 0 Å². The van der Waals surface area contributed by atoms with Gasteiger partial charge in [-0.3, -0.25) is 0 Å². The molecule has 7 heteroatoms. The highest BCUT2D eigenvalue weighted by atomic mass is 79.9. The largest absolute Gasteiger partial charge is 0.497 e. The molecular weight excluding hydrogens is 400 g/mol. The van der Waals surface area contributed by atoms with Crippen molar-refractivity contribution in [1.29, 1.82) is 0 Å². The fraction of sp³-hybridized carbons (Fsp3) is 0.286. The number of halogens is 2. The van der Waals surface area contributed by atoms with E-state index in [1.807, 2.05) is 18.2 Å². The number of aromatic nitrogens is 2. The van der Waals surface area contributed by atoms with Crippen LogP contribution in [0.2, 0.25) is 0 Å². The molecule has 1 aromatic heterocycles. The van der Waals surface area contributed by atoms with Gasteiger partial charge in [-0.25, -0.2) is 9.97 Å². The third-order valence-electron chi connectivity index (χ3n) is 2.76. The first kappa shape index (κ1) is 16.0. The van der Waals surface area contributed by atoms with Crippen LogP contribution < -0.4 is 15.4 Å². The van der Waals surface area contributed by atoms with E-state index in [1.54, 1.807) is 7.11 Å². The summed E-state index contributed by atoms with van der Waals surface area (Å²) in [5, 5.41) is 6.52. The molecule has 1 aromatic carbocycles. The lowest BCUT2D eigenvalue weighted by molar-refractivity contribution is 0.415. The van der Waals surface area contributed by atoms with Crippen molar-refractivity contribution < 1.29 is 4.74 Å². The number of hydrogen-bond donors (Lipinski definition) is 2. The summed E-state index contributed by atoms with van der Waals surface area (Å²) < 4.78 is 6.96. The van der Waals surface area contributed by atoms with E-state index < -0.39 is 0 Å². The lowest BCUT2D eigenvalue weighted by atomic mass is 10.3. The molecule has 112 valence electrons. The van der Waals surface area contributed by atoms with Crippen LogP contribution in [0.4, 0.5) is 17.3 Å². The minimum absolute atomic E-state index is 0.692. The van der Waals surface area contributed by atoms with Gasteiger partial charge in [-0.2, -0.15) is 0 Å². The predicted molar refractivity (Wildman–Crippen MR) is 92.5 cm³/mol. The summed E-state index contributed by atoms with van der Waals surface area (Å²) in [7, 11) is 1.64. The number of anilines is 3. The highest BCUT2D eigenvalue weighted by Gasteiger charge is 2.10. The first-order valence-corrected chi connectivity index (χ1v) is 8.09. The second-order valence-electron chi connectivity index (χ2n) is 4.28. The van der Waals surface area contributed by atoms with Gasteiger partial charge in [-0.1, -0.05) is 6.92 Å². The van der Waals surface area contributed by atoms with E-state index in [1.165, 1.54) is 6.33 Å². The van der Waals surface area contributed by atoms with Gasteiger partial charge < -0.3 is 15.4 Å². The first-order valence-electron chi connectivity index (χ1n) is 6.50. The second kappa shape index (κ2) is 7.61. The predicted octanol–water partition coefficient (Wildman–Crippen LogP) is 4.58. The van der Waals surface area contributed by atoms with Crippen molar-refractivity contribution in [2.75, 3.05) is 24.3 Å². The summed E-state index contributed by atoms with van der Waals surface area (Å²) in [5.74, 6) is 2.24. The van der Waals surface area contributed by atoms with E-state index in [0.29, 0.717) is 5.82 Å². The van der Waals surface area contributed by atoms with Gasteiger partial charge in [-0.05, 0) is 50.4 Å². The summed E-state index contributed by atoms with van der Waals surface area (Å²) in [6.07, 6.45) is 2.56. The van der Waals surface area contributed by atoms with Crippen molar-refractivity contribution in [2.45, 2.75) is 13.3 Å². The molecule has 0 spiro atoms. The van der Waals surface area contributed by atoms with Crippen molar-refractivity contribution in [3.63, 3.8) is 0 Å². The summed E-state index contributed by atoms with van der Waals surface area (Å²) >= 11 is 7.04. The van der Waals surface area contributed by atoms with Crippen LogP contribution in [0, 0.1) is 0 Å². The third-order valence-corrected chi connectivity index (χ3v) is 4.20. The number of benzene rings is 1. The Morgan fingerprint density at radius 3 is 2.67 bits per heavy atom. The van der Waals surface area contributed by atoms with E-state index >= 15 is 0 Å². The van der Waals surface area contributed by atoms with Crippen LogP contribution in [0.25, 0.3) is 0 Å². The molecule has 0 aliphatic heterocycles. The van der Waals surface area contributed by atoms with Gasteiger partial charge in [0.2, 0.25) is 0 Å². The van der Waals surface area contributed by atoms with Crippen LogP contribution in [0.5, 0.6) is 5.75 Å². The SMILES string of the molecule is CCCNc1ncnc(Nc2cc(OC)ccc2Br)c1Br. The minimum atomic E-state index is 0.692. The van der Waals surface area contributed by atoms with Gasteiger partial charge in [0.1, 0.15) is 28.2 Å². The van der Waals surface area contributed by atoms with Gasteiger partial charge in [0.05, 0.1) is 12.8 Å². The van der Waals surface area contributed by atoms with E-state index in [4.69, 9.17) is 4.74 Å². The molecule has 2 rings (SSSR count). The smallest absolute Gasteiger partial charge is 0.150 e. The Morgan fingerprint density at radius 2 is 1.95 bits per heavy atom. The van der Waals surface area contributed by atoms with Crippen molar-refractivity contribution in [1.82, 2.24) is 9.97 Å². The zero-order valence-electron chi connectivity index (χ0n) is 11.8. The summed E-state index contributed by atoms with van der Waals surface area (Å²) in [4.78, 5) is 8.50. The molecule has 0 fully saturated rings. The molecular formula is C14H16Br2N4O. The summed E-state index contributed by atoms with van der Waals surface area (Å²) in [6.45, 7) is 2.96. The molecule has 5 nitrogen and oxygen atoms in total. The van der Waals surface area contributed by atoms with Gasteiger partial charge in [0.25, 0.3) is 0 Å². The lowest BCUT2D eigenvalue weighted by Gasteiger charge is -2.13. The summed E-state index contributed by atoms with van der Waals surface area (Å²) in [5.41, 5.74) is 0.871. The lowest BCUT2D eigenvalue weighted by Crippen LogP contribution is -2.05. The molecule has 21 heavy (non-hydrogen) atoms. The maximum atomic E-state index is 5.24.